The van der Waals surface area contributed by atoms with E-state index in [0.29, 0.717) is 17.5 Å². The maximum absolute atomic E-state index is 13.2. The highest BCUT2D eigenvalue weighted by Crippen LogP contribution is 2.42. The Labute approximate surface area is 168 Å². The van der Waals surface area contributed by atoms with Gasteiger partial charge >= 0.3 is 0 Å². The van der Waals surface area contributed by atoms with Crippen LogP contribution in [0.2, 0.25) is 0 Å². The summed E-state index contributed by atoms with van der Waals surface area (Å²) < 4.78 is 7.40. The van der Waals surface area contributed by atoms with Crippen molar-refractivity contribution in [2.45, 2.75) is 36.2 Å². The third-order valence-corrected chi connectivity index (χ3v) is 5.86. The van der Waals surface area contributed by atoms with E-state index in [-0.39, 0.29) is 5.91 Å². The molecule has 1 amide bonds. The lowest BCUT2D eigenvalue weighted by Crippen LogP contribution is -2.19. The van der Waals surface area contributed by atoms with Crippen molar-refractivity contribution in [3.8, 4) is 5.75 Å². The summed E-state index contributed by atoms with van der Waals surface area (Å²) in [6, 6.07) is 17.6. The van der Waals surface area contributed by atoms with Crippen molar-refractivity contribution in [2.75, 3.05) is 12.4 Å². The number of hydrogen-bond acceptors (Lipinski definition) is 5. The van der Waals surface area contributed by atoms with Crippen molar-refractivity contribution in [3.05, 3.63) is 66.0 Å². The van der Waals surface area contributed by atoms with Gasteiger partial charge in [-0.15, -0.1) is 10.2 Å². The van der Waals surface area contributed by atoms with Gasteiger partial charge in [0.15, 0.2) is 5.16 Å². The van der Waals surface area contributed by atoms with Crippen LogP contribution in [-0.2, 0) is 4.79 Å². The molecule has 0 radical (unpaired) electrons. The lowest BCUT2D eigenvalue weighted by molar-refractivity contribution is -0.115. The Kier molecular flexibility index (Phi) is 5.34. The van der Waals surface area contributed by atoms with E-state index in [1.807, 2.05) is 61.5 Å². The summed E-state index contributed by atoms with van der Waals surface area (Å²) >= 11 is 1.44. The molecule has 1 aliphatic rings. The number of carbonyl (C=O) groups is 1. The van der Waals surface area contributed by atoms with Crippen LogP contribution in [0.1, 0.15) is 35.5 Å². The number of hydrogen-bond donors (Lipinski definition) is 1. The highest BCUT2D eigenvalue weighted by Gasteiger charge is 2.31. The number of rotatable bonds is 7. The summed E-state index contributed by atoms with van der Waals surface area (Å²) in [6.07, 6.45) is 2.27. The van der Waals surface area contributed by atoms with Crippen LogP contribution in [0.4, 0.5) is 5.69 Å². The zero-order chi connectivity index (χ0) is 19.5. The molecule has 7 heteroatoms. The van der Waals surface area contributed by atoms with Crippen LogP contribution in [0, 0.1) is 6.92 Å². The third-order valence-electron chi connectivity index (χ3n) is 4.65. The first-order valence-electron chi connectivity index (χ1n) is 9.23. The molecule has 0 aliphatic heterocycles. The summed E-state index contributed by atoms with van der Waals surface area (Å²) in [4.78, 5) is 13.2. The highest BCUT2D eigenvalue weighted by atomic mass is 32.2. The monoisotopic (exact) mass is 394 g/mol. The number of carbonyl (C=O) groups excluding carboxylic acids is 1. The van der Waals surface area contributed by atoms with Crippen molar-refractivity contribution in [2.24, 2.45) is 0 Å². The predicted molar refractivity (Wildman–Crippen MR) is 110 cm³/mol. The van der Waals surface area contributed by atoms with E-state index in [4.69, 9.17) is 4.74 Å². The molecule has 0 saturated heterocycles. The van der Waals surface area contributed by atoms with Crippen LogP contribution in [0.5, 0.6) is 5.75 Å². The number of benzene rings is 2. The maximum atomic E-state index is 13.2. The Balaban J connectivity index is 1.61. The number of aromatic nitrogens is 3. The molecular weight excluding hydrogens is 372 g/mol. The largest absolute Gasteiger partial charge is 0.497 e. The van der Waals surface area contributed by atoms with Crippen LogP contribution >= 0.6 is 11.8 Å². The van der Waals surface area contributed by atoms with Crippen LogP contribution in [0.3, 0.4) is 0 Å². The molecule has 1 unspecified atom stereocenters. The molecule has 1 heterocycles. The number of amides is 1. The van der Waals surface area contributed by atoms with Gasteiger partial charge in [-0.3, -0.25) is 4.79 Å². The van der Waals surface area contributed by atoms with Crippen molar-refractivity contribution < 1.29 is 9.53 Å². The Bertz CT molecular complexity index is 970. The summed E-state index contributed by atoms with van der Waals surface area (Å²) in [6.45, 7) is 1.96. The van der Waals surface area contributed by atoms with Gasteiger partial charge in [0.2, 0.25) is 5.91 Å². The second-order valence-electron chi connectivity index (χ2n) is 6.76. The van der Waals surface area contributed by atoms with Gasteiger partial charge in [-0.25, -0.2) is 0 Å². The predicted octanol–water partition coefficient (Wildman–Crippen LogP) is 4.40. The van der Waals surface area contributed by atoms with Gasteiger partial charge in [0, 0.05) is 17.8 Å². The topological polar surface area (TPSA) is 69.0 Å². The first-order valence-corrected chi connectivity index (χ1v) is 10.1. The minimum Gasteiger partial charge on any atom is -0.497 e. The van der Waals surface area contributed by atoms with E-state index >= 15 is 0 Å². The first-order chi connectivity index (χ1) is 13.7. The second-order valence-corrected chi connectivity index (χ2v) is 7.83. The summed E-state index contributed by atoms with van der Waals surface area (Å²) in [5.41, 5.74) is 1.63. The summed E-state index contributed by atoms with van der Waals surface area (Å²) in [7, 11) is 1.61. The van der Waals surface area contributed by atoms with Gasteiger partial charge in [0.05, 0.1) is 7.11 Å². The number of ether oxygens (including phenoxy) is 1. The first kappa shape index (κ1) is 18.6. The average Bonchev–Trinajstić information content (AvgIpc) is 3.49. The zero-order valence-corrected chi connectivity index (χ0v) is 16.6. The normalized spacial score (nSPS) is 14.5. The van der Waals surface area contributed by atoms with Gasteiger partial charge in [-0.1, -0.05) is 48.2 Å². The van der Waals surface area contributed by atoms with Crippen LogP contribution in [-0.4, -0.2) is 27.8 Å². The SMILES string of the molecule is COc1cccc(NC(=O)C(Sc2nnc(C)n2C2CC2)c2ccccc2)c1. The highest BCUT2D eigenvalue weighted by molar-refractivity contribution is 8.00. The van der Waals surface area contributed by atoms with Crippen molar-refractivity contribution >= 4 is 23.4 Å². The molecular formula is C21H22N4O2S. The lowest BCUT2D eigenvalue weighted by atomic mass is 10.1. The second kappa shape index (κ2) is 8.06. The molecule has 1 fully saturated rings. The molecule has 3 aromatic rings. The molecule has 1 atom stereocenters. The Hall–Kier alpha value is -2.80. The van der Waals surface area contributed by atoms with Gasteiger partial charge in [0.1, 0.15) is 16.8 Å². The molecule has 144 valence electrons. The summed E-state index contributed by atoms with van der Waals surface area (Å²) in [5, 5.41) is 11.9. The smallest absolute Gasteiger partial charge is 0.242 e. The Morgan fingerprint density at radius 3 is 2.68 bits per heavy atom. The number of nitrogens with zero attached hydrogens (tertiary/aromatic N) is 3. The van der Waals surface area contributed by atoms with Crippen molar-refractivity contribution in [1.29, 1.82) is 0 Å². The molecule has 2 aromatic carbocycles. The van der Waals surface area contributed by atoms with Crippen LogP contribution in [0.25, 0.3) is 0 Å². The Morgan fingerprint density at radius 1 is 1.18 bits per heavy atom. The molecule has 28 heavy (non-hydrogen) atoms. The van der Waals surface area contributed by atoms with E-state index in [1.165, 1.54) is 11.8 Å². The van der Waals surface area contributed by atoms with E-state index < -0.39 is 5.25 Å². The fourth-order valence-electron chi connectivity index (χ4n) is 3.10. The molecule has 0 spiro atoms. The molecule has 0 bridgehead atoms. The molecule has 1 aromatic heterocycles. The van der Waals surface area contributed by atoms with Gasteiger partial charge in [0.25, 0.3) is 0 Å². The van der Waals surface area contributed by atoms with Crippen LogP contribution in [0.15, 0.2) is 59.8 Å². The number of methoxy groups -OCH3 is 1. The average molecular weight is 395 g/mol. The molecule has 1 saturated carbocycles. The van der Waals surface area contributed by atoms with Gasteiger partial charge in [-0.2, -0.15) is 0 Å². The quantitative estimate of drug-likeness (QED) is 0.602. The minimum absolute atomic E-state index is 0.104. The number of nitrogens with one attached hydrogen (secondary N) is 1. The fraction of sp³-hybridized carbons (Fsp3) is 0.286. The lowest BCUT2D eigenvalue weighted by Gasteiger charge is -2.17. The molecule has 6 nitrogen and oxygen atoms in total. The third kappa shape index (κ3) is 4.04. The maximum Gasteiger partial charge on any atom is 0.242 e. The van der Waals surface area contributed by atoms with Gasteiger partial charge in [-0.05, 0) is 37.5 Å². The molecule has 1 aliphatic carbocycles. The van der Waals surface area contributed by atoms with Gasteiger partial charge < -0.3 is 14.6 Å². The minimum atomic E-state index is -0.437. The fourth-order valence-corrected chi connectivity index (χ4v) is 4.25. The zero-order valence-electron chi connectivity index (χ0n) is 15.8. The number of aryl methyl sites for hydroxylation is 1. The standard InChI is InChI=1S/C21H22N4O2S/c1-14-23-24-21(25(14)17-11-12-17)28-19(15-7-4-3-5-8-15)20(26)22-16-9-6-10-18(13-16)27-2/h3-10,13,17,19H,11-12H2,1-2H3,(H,22,26). The van der Waals surface area contributed by atoms with Crippen molar-refractivity contribution in [3.63, 3.8) is 0 Å². The van der Waals surface area contributed by atoms with E-state index in [0.717, 1.165) is 29.4 Å². The van der Waals surface area contributed by atoms with E-state index in [9.17, 15) is 4.79 Å². The van der Waals surface area contributed by atoms with Crippen LogP contribution < -0.4 is 10.1 Å². The molecule has 1 N–H and O–H groups in total. The Morgan fingerprint density at radius 2 is 1.96 bits per heavy atom. The number of thioether (sulfide) groups is 1. The van der Waals surface area contributed by atoms with E-state index in [2.05, 4.69) is 20.1 Å². The van der Waals surface area contributed by atoms with Crippen molar-refractivity contribution in [1.82, 2.24) is 14.8 Å². The number of anilines is 1. The van der Waals surface area contributed by atoms with E-state index in [1.54, 1.807) is 7.11 Å². The molecule has 4 rings (SSSR count). The summed E-state index contributed by atoms with van der Waals surface area (Å²) in [5.74, 6) is 1.49.